The van der Waals surface area contributed by atoms with Gasteiger partial charge >= 0.3 is 19.9 Å². The third-order valence-electron chi connectivity index (χ3n) is 4.55. The van der Waals surface area contributed by atoms with Gasteiger partial charge in [0, 0.05) is 0 Å². The molecule has 1 atom stereocenters. The molecule has 23 heavy (non-hydrogen) atoms. The normalized spacial score (nSPS) is 32.0. The van der Waals surface area contributed by atoms with Crippen molar-refractivity contribution in [3.05, 3.63) is 0 Å². The van der Waals surface area contributed by atoms with Crippen molar-refractivity contribution in [1.29, 1.82) is 0 Å². The molecule has 134 valence electrons. The average molecular weight is 349 g/mol. The van der Waals surface area contributed by atoms with Crippen LogP contribution in [-0.4, -0.2) is 27.9 Å². The van der Waals surface area contributed by atoms with E-state index in [4.69, 9.17) is 18.7 Å². The lowest BCUT2D eigenvalue weighted by Gasteiger charge is -2.25. The third-order valence-corrected chi connectivity index (χ3v) is 6.08. The number of rotatable bonds is 13. The van der Waals surface area contributed by atoms with Gasteiger partial charge in [-0.25, -0.2) is 4.79 Å². The molecule has 3 fully saturated rings. The molecule has 3 saturated heterocycles. The van der Waals surface area contributed by atoms with Crippen LogP contribution in [0.1, 0.15) is 84.0 Å². The molecular weight excluding hydrogens is 319 g/mol. The van der Waals surface area contributed by atoms with E-state index in [1.54, 1.807) is 0 Å². The minimum Gasteiger partial charge on any atom is -0.477 e. The van der Waals surface area contributed by atoms with Crippen molar-refractivity contribution < 1.29 is 28.4 Å². The summed E-state index contributed by atoms with van der Waals surface area (Å²) in [6, 6.07) is 0. The van der Waals surface area contributed by atoms with Crippen LogP contribution in [0.15, 0.2) is 0 Å². The highest BCUT2D eigenvalue weighted by Crippen LogP contribution is 2.80. The number of hydrogen-bond acceptors (Lipinski definition) is 5. The number of carbonyl (C=O) groups is 1. The molecule has 1 unspecified atom stereocenters. The second-order valence-corrected chi connectivity index (χ2v) is 8.06. The van der Waals surface area contributed by atoms with E-state index < -0.39 is 26.0 Å². The smallest absolute Gasteiger partial charge is 0.477 e. The van der Waals surface area contributed by atoms with E-state index in [-0.39, 0.29) is 0 Å². The lowest BCUT2D eigenvalue weighted by molar-refractivity contribution is -0.218. The summed E-state index contributed by atoms with van der Waals surface area (Å²) in [5.41, 5.74) is 0. The molecule has 0 amide bonds. The van der Waals surface area contributed by atoms with Gasteiger partial charge in [0.1, 0.15) is 0 Å². The van der Waals surface area contributed by atoms with Crippen molar-refractivity contribution in [2.45, 2.75) is 95.9 Å². The highest BCUT2D eigenvalue weighted by Gasteiger charge is 2.87. The summed E-state index contributed by atoms with van der Waals surface area (Å²) in [5, 5.41) is 9.15. The quantitative estimate of drug-likeness (QED) is 0.374. The SMILES string of the molecule is CCCCCCCCCCCCCC1O[P+]2(O)OC1(C(=O)O)O2. The minimum absolute atomic E-state index is 0.547. The first-order valence-corrected chi connectivity index (χ1v) is 10.5. The van der Waals surface area contributed by atoms with Crippen LogP contribution in [-0.2, 0) is 18.4 Å². The molecule has 3 aliphatic heterocycles. The van der Waals surface area contributed by atoms with Crippen LogP contribution < -0.4 is 0 Å². The fourth-order valence-corrected chi connectivity index (χ4v) is 4.94. The van der Waals surface area contributed by atoms with E-state index in [1.807, 2.05) is 0 Å². The zero-order chi connectivity index (χ0) is 16.8. The monoisotopic (exact) mass is 349 g/mol. The van der Waals surface area contributed by atoms with Gasteiger partial charge in [-0.1, -0.05) is 86.6 Å². The molecule has 3 heterocycles. The number of aliphatic carboxylic acids is 1. The Labute approximate surface area is 139 Å². The van der Waals surface area contributed by atoms with E-state index in [0.29, 0.717) is 6.42 Å². The zero-order valence-electron chi connectivity index (χ0n) is 14.0. The minimum atomic E-state index is -3.29. The summed E-state index contributed by atoms with van der Waals surface area (Å²) in [5.74, 6) is -2.96. The Bertz CT molecular complexity index is 383. The number of hydrogen-bond donors (Lipinski definition) is 2. The van der Waals surface area contributed by atoms with Gasteiger partial charge in [-0.05, 0) is 6.42 Å². The van der Waals surface area contributed by atoms with Gasteiger partial charge in [-0.2, -0.15) is 4.89 Å². The van der Waals surface area contributed by atoms with E-state index in [1.165, 1.54) is 51.4 Å². The standard InChI is InChI=1S/C16H29O6P/c1-2-3-4-5-6-7-8-9-10-11-12-13-14-16(15(17)18)21-23(19,20-14)22-16/h14,19H,2-13H2,1H3/p+1. The Morgan fingerprint density at radius 3 is 1.91 bits per heavy atom. The summed E-state index contributed by atoms with van der Waals surface area (Å²) in [7, 11) is -3.29. The van der Waals surface area contributed by atoms with Gasteiger partial charge in [0.05, 0.1) is 0 Å². The molecule has 3 aliphatic rings. The van der Waals surface area contributed by atoms with E-state index >= 15 is 0 Å². The number of carboxylic acid groups (broad SMARTS) is 1. The van der Waals surface area contributed by atoms with Gasteiger partial charge in [0.15, 0.2) is 6.10 Å². The van der Waals surface area contributed by atoms with Gasteiger partial charge in [0.2, 0.25) is 0 Å². The summed E-state index contributed by atoms with van der Waals surface area (Å²) < 4.78 is 15.2. The Morgan fingerprint density at radius 2 is 1.43 bits per heavy atom. The van der Waals surface area contributed by atoms with E-state index in [0.717, 1.165) is 19.3 Å². The Balaban J connectivity index is 1.46. The molecule has 7 heteroatoms. The molecular formula is C16H30O6P+. The number of carboxylic acids is 1. The van der Waals surface area contributed by atoms with Crippen molar-refractivity contribution in [3.8, 4) is 0 Å². The maximum atomic E-state index is 11.2. The van der Waals surface area contributed by atoms with Crippen molar-refractivity contribution in [2.75, 3.05) is 0 Å². The molecule has 0 radical (unpaired) electrons. The second kappa shape index (κ2) is 8.72. The van der Waals surface area contributed by atoms with Crippen LogP contribution >= 0.6 is 8.17 Å². The zero-order valence-corrected chi connectivity index (χ0v) is 14.9. The van der Waals surface area contributed by atoms with Crippen LogP contribution in [0.2, 0.25) is 0 Å². The summed E-state index contributed by atoms with van der Waals surface area (Å²) in [6.45, 7) is 2.23. The molecule has 3 rings (SSSR count). The van der Waals surface area contributed by atoms with Gasteiger partial charge in [-0.3, -0.25) is 0 Å². The Morgan fingerprint density at radius 1 is 0.957 bits per heavy atom. The summed E-state index contributed by atoms with van der Waals surface area (Å²) >= 11 is 0. The molecule has 0 spiro atoms. The number of unbranched alkanes of at least 4 members (excludes halogenated alkanes) is 10. The summed E-state index contributed by atoms with van der Waals surface area (Å²) in [4.78, 5) is 20.8. The fraction of sp³-hybridized carbons (Fsp3) is 0.938. The van der Waals surface area contributed by atoms with Crippen LogP contribution in [0.4, 0.5) is 0 Å². The molecule has 0 aromatic heterocycles. The van der Waals surface area contributed by atoms with Crippen molar-refractivity contribution in [2.24, 2.45) is 0 Å². The van der Waals surface area contributed by atoms with Crippen molar-refractivity contribution in [3.63, 3.8) is 0 Å². The van der Waals surface area contributed by atoms with Gasteiger partial charge < -0.3 is 5.11 Å². The van der Waals surface area contributed by atoms with Crippen LogP contribution in [0.5, 0.6) is 0 Å². The molecule has 0 saturated carbocycles. The Kier molecular flexibility index (Phi) is 7.23. The number of fused-ring (bicyclic) bond motifs is 1. The molecule has 2 bridgehead atoms. The summed E-state index contributed by atoms with van der Waals surface area (Å²) in [6.07, 6.45) is 13.5. The molecule has 0 aliphatic carbocycles. The fourth-order valence-electron chi connectivity index (χ4n) is 3.19. The average Bonchev–Trinajstić information content (AvgIpc) is 2.93. The molecule has 6 nitrogen and oxygen atoms in total. The van der Waals surface area contributed by atoms with Gasteiger partial charge in [0.25, 0.3) is 0 Å². The largest absolute Gasteiger partial charge is 0.580 e. The first-order valence-electron chi connectivity index (χ1n) is 8.97. The first-order chi connectivity index (χ1) is 11.0. The molecule has 0 aromatic rings. The van der Waals surface area contributed by atoms with E-state index in [9.17, 15) is 9.69 Å². The predicted octanol–water partition coefficient (Wildman–Crippen LogP) is 4.58. The first kappa shape index (κ1) is 19.1. The van der Waals surface area contributed by atoms with Crippen molar-refractivity contribution in [1.82, 2.24) is 0 Å². The highest BCUT2D eigenvalue weighted by molar-refractivity contribution is 7.57. The molecule has 0 aromatic carbocycles. The second-order valence-electron chi connectivity index (χ2n) is 6.54. The van der Waals surface area contributed by atoms with Crippen LogP contribution in [0.3, 0.4) is 0 Å². The van der Waals surface area contributed by atoms with Crippen LogP contribution in [0.25, 0.3) is 0 Å². The predicted molar refractivity (Wildman–Crippen MR) is 87.6 cm³/mol. The highest BCUT2D eigenvalue weighted by atomic mass is 31.2. The van der Waals surface area contributed by atoms with Crippen molar-refractivity contribution >= 4 is 14.1 Å². The van der Waals surface area contributed by atoms with Gasteiger partial charge in [-0.15, -0.1) is 4.52 Å². The topological polar surface area (TPSA) is 85.2 Å². The lowest BCUT2D eigenvalue weighted by Crippen LogP contribution is -2.52. The van der Waals surface area contributed by atoms with E-state index in [2.05, 4.69) is 6.92 Å². The Hall–Kier alpha value is -0.260. The lowest BCUT2D eigenvalue weighted by atomic mass is 10.0. The van der Waals surface area contributed by atoms with Crippen LogP contribution in [0, 0.1) is 0 Å². The molecule has 2 N–H and O–H groups in total. The maximum absolute atomic E-state index is 11.2. The maximum Gasteiger partial charge on any atom is 0.580 e. The third kappa shape index (κ3) is 4.86.